The lowest BCUT2D eigenvalue weighted by molar-refractivity contribution is -0.140. The Morgan fingerprint density at radius 1 is 0.902 bits per heavy atom. The van der Waals surface area contributed by atoms with Crippen LogP contribution >= 0.6 is 0 Å². The molecule has 0 unspecified atom stereocenters. The third-order valence-electron chi connectivity index (χ3n) is 7.77. The maximum Gasteiger partial charge on any atom is 0.264 e. The van der Waals surface area contributed by atoms with E-state index in [2.05, 4.69) is 5.32 Å². The number of anilines is 1. The number of hydrogen-bond donors (Lipinski definition) is 1. The number of rotatable bonds is 12. The summed E-state index contributed by atoms with van der Waals surface area (Å²) in [6.45, 7) is 5.67. The lowest BCUT2D eigenvalue weighted by Gasteiger charge is -2.34. The molecular formula is C33H41N3O4S. The lowest BCUT2D eigenvalue weighted by atomic mass is 10.1. The van der Waals surface area contributed by atoms with Crippen LogP contribution in [0, 0.1) is 6.92 Å². The third-order valence-corrected chi connectivity index (χ3v) is 9.55. The minimum Gasteiger partial charge on any atom is -0.352 e. The van der Waals surface area contributed by atoms with Crippen molar-refractivity contribution in [2.75, 3.05) is 10.8 Å². The first kappa shape index (κ1) is 30.3. The van der Waals surface area contributed by atoms with E-state index in [1.807, 2.05) is 57.2 Å². The highest BCUT2D eigenvalue weighted by molar-refractivity contribution is 7.92. The predicted molar refractivity (Wildman–Crippen MR) is 163 cm³/mol. The van der Waals surface area contributed by atoms with E-state index in [9.17, 15) is 18.0 Å². The number of carbonyl (C=O) groups is 2. The summed E-state index contributed by atoms with van der Waals surface area (Å²) in [5.41, 5.74) is 3.39. The molecule has 0 saturated heterocycles. The fourth-order valence-corrected chi connectivity index (χ4v) is 6.88. The fourth-order valence-electron chi connectivity index (χ4n) is 5.44. The van der Waals surface area contributed by atoms with Gasteiger partial charge in [-0.3, -0.25) is 13.9 Å². The summed E-state index contributed by atoms with van der Waals surface area (Å²) in [7, 11) is -4.07. The van der Waals surface area contributed by atoms with E-state index in [0.29, 0.717) is 12.1 Å². The molecule has 7 nitrogen and oxygen atoms in total. The van der Waals surface area contributed by atoms with Gasteiger partial charge in [0.2, 0.25) is 11.8 Å². The third kappa shape index (κ3) is 7.55. The Kier molecular flexibility index (Phi) is 10.2. The van der Waals surface area contributed by atoms with Crippen LogP contribution in [0.5, 0.6) is 0 Å². The van der Waals surface area contributed by atoms with Crippen LogP contribution in [0.2, 0.25) is 0 Å². The van der Waals surface area contributed by atoms with Crippen LogP contribution in [-0.2, 0) is 32.6 Å². The highest BCUT2D eigenvalue weighted by Crippen LogP contribution is 2.26. The Morgan fingerprint density at radius 2 is 1.59 bits per heavy atom. The molecule has 0 spiro atoms. The summed E-state index contributed by atoms with van der Waals surface area (Å²) in [6, 6.07) is 22.6. The van der Waals surface area contributed by atoms with Crippen molar-refractivity contribution >= 4 is 27.5 Å². The number of aryl methyl sites for hydroxylation is 2. The normalized spacial score (nSPS) is 14.4. The van der Waals surface area contributed by atoms with Crippen LogP contribution in [0.25, 0.3) is 0 Å². The highest BCUT2D eigenvalue weighted by Gasteiger charge is 2.34. The minimum atomic E-state index is -4.07. The van der Waals surface area contributed by atoms with Crippen molar-refractivity contribution in [2.24, 2.45) is 0 Å². The van der Waals surface area contributed by atoms with Crippen LogP contribution in [0.4, 0.5) is 5.69 Å². The van der Waals surface area contributed by atoms with Crippen molar-refractivity contribution in [3.05, 3.63) is 95.6 Å². The molecule has 0 heterocycles. The van der Waals surface area contributed by atoms with Crippen molar-refractivity contribution in [3.8, 4) is 0 Å². The molecule has 218 valence electrons. The molecule has 3 aromatic rings. The van der Waals surface area contributed by atoms with Crippen LogP contribution in [0.3, 0.4) is 0 Å². The summed E-state index contributed by atoms with van der Waals surface area (Å²) < 4.78 is 29.0. The molecule has 2 amide bonds. The van der Waals surface area contributed by atoms with Gasteiger partial charge in [0.25, 0.3) is 10.0 Å². The zero-order valence-corrected chi connectivity index (χ0v) is 25.1. The Morgan fingerprint density at radius 3 is 2.20 bits per heavy atom. The Labute approximate surface area is 244 Å². The topological polar surface area (TPSA) is 86.8 Å². The number of amides is 2. The molecule has 41 heavy (non-hydrogen) atoms. The molecule has 1 fully saturated rings. The SMILES string of the molecule is CCc1ccc(N(CC(=O)N(Cc2cccc(C)c2)[C@H](CC)C(=O)NC2CCCC2)S(=O)(=O)c2ccccc2)cc1. The average molecular weight is 576 g/mol. The first-order valence-corrected chi connectivity index (χ1v) is 16.0. The summed E-state index contributed by atoms with van der Waals surface area (Å²) in [6.07, 6.45) is 5.25. The van der Waals surface area contributed by atoms with Gasteiger partial charge < -0.3 is 10.2 Å². The minimum absolute atomic E-state index is 0.101. The number of sulfonamides is 1. The van der Waals surface area contributed by atoms with Gasteiger partial charge in [0.05, 0.1) is 10.6 Å². The number of benzene rings is 3. The van der Waals surface area contributed by atoms with E-state index in [0.717, 1.165) is 53.1 Å². The van der Waals surface area contributed by atoms with Gasteiger partial charge in [0, 0.05) is 12.6 Å². The fraction of sp³-hybridized carbons (Fsp3) is 0.394. The van der Waals surface area contributed by atoms with E-state index in [4.69, 9.17) is 0 Å². The molecule has 0 bridgehead atoms. The Hall–Kier alpha value is -3.65. The van der Waals surface area contributed by atoms with Crippen molar-refractivity contribution in [3.63, 3.8) is 0 Å². The molecule has 1 N–H and O–H groups in total. The number of nitrogens with one attached hydrogen (secondary N) is 1. The second-order valence-corrected chi connectivity index (χ2v) is 12.6. The molecular weight excluding hydrogens is 534 g/mol. The van der Waals surface area contributed by atoms with Crippen LogP contribution in [-0.4, -0.2) is 43.8 Å². The van der Waals surface area contributed by atoms with E-state index >= 15 is 0 Å². The molecule has 8 heteroatoms. The van der Waals surface area contributed by atoms with Crippen molar-refractivity contribution in [1.82, 2.24) is 10.2 Å². The molecule has 0 aliphatic heterocycles. The van der Waals surface area contributed by atoms with Gasteiger partial charge in [-0.15, -0.1) is 0 Å². The van der Waals surface area contributed by atoms with Crippen LogP contribution in [0.1, 0.15) is 62.6 Å². The van der Waals surface area contributed by atoms with Gasteiger partial charge in [0.15, 0.2) is 0 Å². The van der Waals surface area contributed by atoms with Crippen LogP contribution < -0.4 is 9.62 Å². The quantitative estimate of drug-likeness (QED) is 0.304. The predicted octanol–water partition coefficient (Wildman–Crippen LogP) is 5.62. The summed E-state index contributed by atoms with van der Waals surface area (Å²) in [5.74, 6) is -0.621. The molecule has 4 rings (SSSR count). The zero-order valence-electron chi connectivity index (χ0n) is 24.3. The first-order valence-electron chi connectivity index (χ1n) is 14.5. The Bertz CT molecular complexity index is 1420. The first-order chi connectivity index (χ1) is 19.7. The largest absolute Gasteiger partial charge is 0.352 e. The number of carbonyl (C=O) groups excluding carboxylic acids is 2. The van der Waals surface area contributed by atoms with Gasteiger partial charge in [-0.1, -0.05) is 86.8 Å². The van der Waals surface area contributed by atoms with Gasteiger partial charge in [-0.2, -0.15) is 0 Å². The van der Waals surface area contributed by atoms with Gasteiger partial charge in [-0.25, -0.2) is 8.42 Å². The summed E-state index contributed by atoms with van der Waals surface area (Å²) in [5, 5.41) is 3.15. The molecule has 1 atom stereocenters. The average Bonchev–Trinajstić information content (AvgIpc) is 3.49. The standard InChI is InChI=1S/C33H41N3O4S/c1-4-26-18-20-29(21-19-26)36(41(39,40)30-16-7-6-8-17-30)24-32(37)35(23-27-13-11-12-25(3)22-27)31(5-2)33(38)34-28-14-9-10-15-28/h6-8,11-13,16-22,28,31H,4-5,9-10,14-15,23-24H2,1-3H3,(H,34,38)/t31-/m1/s1. The zero-order chi connectivity index (χ0) is 29.4. The summed E-state index contributed by atoms with van der Waals surface area (Å²) in [4.78, 5) is 29.4. The molecule has 0 radical (unpaired) electrons. The smallest absolute Gasteiger partial charge is 0.264 e. The second kappa shape index (κ2) is 13.8. The highest BCUT2D eigenvalue weighted by atomic mass is 32.2. The molecule has 3 aromatic carbocycles. The maximum atomic E-state index is 14.2. The second-order valence-electron chi connectivity index (χ2n) is 10.8. The Balaban J connectivity index is 1.71. The molecule has 1 aliphatic rings. The molecule has 1 aliphatic carbocycles. The van der Waals surface area contributed by atoms with E-state index in [-0.39, 0.29) is 23.4 Å². The van der Waals surface area contributed by atoms with Crippen molar-refractivity contribution in [1.29, 1.82) is 0 Å². The number of nitrogens with zero attached hydrogens (tertiary/aromatic N) is 2. The lowest BCUT2D eigenvalue weighted by Crippen LogP contribution is -2.53. The maximum absolute atomic E-state index is 14.2. The number of hydrogen-bond acceptors (Lipinski definition) is 4. The van der Waals surface area contributed by atoms with E-state index in [1.54, 1.807) is 35.2 Å². The van der Waals surface area contributed by atoms with Gasteiger partial charge >= 0.3 is 0 Å². The van der Waals surface area contributed by atoms with Crippen LogP contribution in [0.15, 0.2) is 83.8 Å². The molecule has 1 saturated carbocycles. The van der Waals surface area contributed by atoms with Crippen molar-refractivity contribution < 1.29 is 18.0 Å². The molecule has 0 aromatic heterocycles. The van der Waals surface area contributed by atoms with Crippen molar-refractivity contribution in [2.45, 2.75) is 82.8 Å². The van der Waals surface area contributed by atoms with E-state index in [1.165, 1.54) is 12.1 Å². The monoisotopic (exact) mass is 575 g/mol. The van der Waals surface area contributed by atoms with Gasteiger partial charge in [-0.05, 0) is 68.0 Å². The summed E-state index contributed by atoms with van der Waals surface area (Å²) >= 11 is 0. The van der Waals surface area contributed by atoms with E-state index < -0.39 is 28.5 Å². The van der Waals surface area contributed by atoms with Gasteiger partial charge in [0.1, 0.15) is 12.6 Å².